The minimum atomic E-state index is 0.646. The van der Waals surface area contributed by atoms with Crippen LogP contribution in [0.4, 0.5) is 0 Å². The van der Waals surface area contributed by atoms with Crippen LogP contribution in [0.2, 0.25) is 0 Å². The normalized spacial score (nSPS) is 14.7. The standard InChI is InChI=1S/C24H48N2/c1-4-7-10-12-14-17-20-25-22-23-26(24(25)19-16-9-6-3)21-18-15-13-11-8-5-2/h22-24H,4-21H2,1-3H3. The van der Waals surface area contributed by atoms with Crippen LogP contribution in [0.3, 0.4) is 0 Å². The molecule has 2 heteroatoms. The van der Waals surface area contributed by atoms with E-state index in [4.69, 9.17) is 0 Å². The van der Waals surface area contributed by atoms with Gasteiger partial charge in [0.25, 0.3) is 0 Å². The number of unbranched alkanes of at least 4 members (excludes halogenated alkanes) is 12. The van der Waals surface area contributed by atoms with Gasteiger partial charge in [-0.2, -0.15) is 0 Å². The molecule has 0 aromatic heterocycles. The van der Waals surface area contributed by atoms with Crippen LogP contribution < -0.4 is 0 Å². The largest absolute Gasteiger partial charge is 0.356 e. The summed E-state index contributed by atoms with van der Waals surface area (Å²) in [5.41, 5.74) is 0. The Labute approximate surface area is 165 Å². The van der Waals surface area contributed by atoms with Gasteiger partial charge in [0.15, 0.2) is 0 Å². The summed E-state index contributed by atoms with van der Waals surface area (Å²) in [4.78, 5) is 5.29. The topological polar surface area (TPSA) is 6.48 Å². The van der Waals surface area contributed by atoms with Crippen LogP contribution in [0.25, 0.3) is 0 Å². The van der Waals surface area contributed by atoms with Crippen molar-refractivity contribution < 1.29 is 0 Å². The van der Waals surface area contributed by atoms with Crippen LogP contribution >= 0.6 is 0 Å². The summed E-state index contributed by atoms with van der Waals surface area (Å²) in [5, 5.41) is 0. The molecule has 0 amide bonds. The highest BCUT2D eigenvalue weighted by Gasteiger charge is 2.24. The van der Waals surface area contributed by atoms with Gasteiger partial charge >= 0.3 is 0 Å². The number of hydrogen-bond donors (Lipinski definition) is 0. The molecule has 0 atom stereocenters. The molecule has 0 aromatic rings. The first kappa shape index (κ1) is 23.4. The van der Waals surface area contributed by atoms with Crippen LogP contribution in [0.15, 0.2) is 12.4 Å². The maximum Gasteiger partial charge on any atom is 0.101 e. The van der Waals surface area contributed by atoms with Crippen molar-refractivity contribution in [1.82, 2.24) is 9.80 Å². The zero-order valence-electron chi connectivity index (χ0n) is 18.4. The number of nitrogens with zero attached hydrogens (tertiary/aromatic N) is 2. The molecule has 0 fully saturated rings. The minimum absolute atomic E-state index is 0.646. The van der Waals surface area contributed by atoms with E-state index in [1.165, 1.54) is 116 Å². The molecule has 1 aliphatic rings. The first-order valence-corrected chi connectivity index (χ1v) is 12.0. The van der Waals surface area contributed by atoms with Crippen molar-refractivity contribution in [2.75, 3.05) is 13.1 Å². The molecule has 154 valence electrons. The van der Waals surface area contributed by atoms with Crippen molar-refractivity contribution in [3.63, 3.8) is 0 Å². The van der Waals surface area contributed by atoms with E-state index < -0.39 is 0 Å². The van der Waals surface area contributed by atoms with Gasteiger partial charge in [0, 0.05) is 25.5 Å². The van der Waals surface area contributed by atoms with E-state index in [-0.39, 0.29) is 0 Å². The van der Waals surface area contributed by atoms with E-state index >= 15 is 0 Å². The summed E-state index contributed by atoms with van der Waals surface area (Å²) in [6.07, 6.45) is 27.6. The second-order valence-corrected chi connectivity index (χ2v) is 8.29. The van der Waals surface area contributed by atoms with Gasteiger partial charge in [-0.05, 0) is 25.7 Å². The zero-order valence-corrected chi connectivity index (χ0v) is 18.4. The maximum atomic E-state index is 2.65. The Morgan fingerprint density at radius 2 is 0.885 bits per heavy atom. The highest BCUT2D eigenvalue weighted by Crippen LogP contribution is 2.23. The smallest absolute Gasteiger partial charge is 0.101 e. The van der Waals surface area contributed by atoms with Crippen LogP contribution in [0, 0.1) is 0 Å². The molecule has 2 nitrogen and oxygen atoms in total. The van der Waals surface area contributed by atoms with Gasteiger partial charge in [0.2, 0.25) is 0 Å². The van der Waals surface area contributed by atoms with Crippen LogP contribution in [0.1, 0.15) is 124 Å². The quantitative estimate of drug-likeness (QED) is 0.230. The van der Waals surface area contributed by atoms with Gasteiger partial charge < -0.3 is 9.80 Å². The van der Waals surface area contributed by atoms with Gasteiger partial charge in [-0.1, -0.05) is 97.8 Å². The van der Waals surface area contributed by atoms with Crippen molar-refractivity contribution >= 4 is 0 Å². The zero-order chi connectivity index (χ0) is 18.9. The van der Waals surface area contributed by atoms with Crippen molar-refractivity contribution in [3.05, 3.63) is 12.4 Å². The fourth-order valence-corrected chi connectivity index (χ4v) is 4.07. The van der Waals surface area contributed by atoms with Gasteiger partial charge in [0.05, 0.1) is 0 Å². The molecular formula is C24H48N2. The lowest BCUT2D eigenvalue weighted by Crippen LogP contribution is -2.39. The predicted octanol–water partition coefficient (Wildman–Crippen LogP) is 7.70. The fraction of sp³-hybridized carbons (Fsp3) is 0.917. The molecule has 1 heterocycles. The molecule has 0 spiro atoms. The molecule has 0 radical (unpaired) electrons. The summed E-state index contributed by atoms with van der Waals surface area (Å²) in [5.74, 6) is 0. The van der Waals surface area contributed by atoms with E-state index in [1.54, 1.807) is 0 Å². The molecular weight excluding hydrogens is 316 g/mol. The first-order chi connectivity index (χ1) is 12.8. The summed E-state index contributed by atoms with van der Waals surface area (Å²) in [6.45, 7) is 9.43. The van der Waals surface area contributed by atoms with E-state index in [0.717, 1.165) is 0 Å². The van der Waals surface area contributed by atoms with Crippen molar-refractivity contribution in [3.8, 4) is 0 Å². The van der Waals surface area contributed by atoms with Crippen LogP contribution in [-0.4, -0.2) is 29.1 Å². The third kappa shape index (κ3) is 10.5. The minimum Gasteiger partial charge on any atom is -0.356 e. The molecule has 0 bridgehead atoms. The van der Waals surface area contributed by atoms with E-state index in [0.29, 0.717) is 6.17 Å². The van der Waals surface area contributed by atoms with Gasteiger partial charge in [0.1, 0.15) is 6.17 Å². The maximum absolute atomic E-state index is 2.65. The van der Waals surface area contributed by atoms with Crippen molar-refractivity contribution in [1.29, 1.82) is 0 Å². The van der Waals surface area contributed by atoms with E-state index in [9.17, 15) is 0 Å². The van der Waals surface area contributed by atoms with E-state index in [2.05, 4.69) is 43.0 Å². The highest BCUT2D eigenvalue weighted by molar-refractivity contribution is 4.96. The Balaban J connectivity index is 2.28. The highest BCUT2D eigenvalue weighted by atomic mass is 15.4. The second-order valence-electron chi connectivity index (χ2n) is 8.29. The number of hydrogen-bond acceptors (Lipinski definition) is 2. The average molecular weight is 365 g/mol. The molecule has 1 aliphatic heterocycles. The SMILES string of the molecule is CCCCCCCCN1C=CN(CCCCCCCC)C1CCCCC. The average Bonchev–Trinajstić information content (AvgIpc) is 3.03. The lowest BCUT2D eigenvalue weighted by molar-refractivity contribution is 0.135. The van der Waals surface area contributed by atoms with E-state index in [1.807, 2.05) is 0 Å². The predicted molar refractivity (Wildman–Crippen MR) is 117 cm³/mol. The van der Waals surface area contributed by atoms with Gasteiger partial charge in [-0.25, -0.2) is 0 Å². The lowest BCUT2D eigenvalue weighted by Gasteiger charge is -2.33. The summed E-state index contributed by atoms with van der Waals surface area (Å²) in [7, 11) is 0. The molecule has 1 rings (SSSR count). The molecule has 0 saturated carbocycles. The molecule has 0 aliphatic carbocycles. The van der Waals surface area contributed by atoms with Crippen LogP contribution in [-0.2, 0) is 0 Å². The monoisotopic (exact) mass is 364 g/mol. The third-order valence-corrected chi connectivity index (χ3v) is 5.82. The summed E-state index contributed by atoms with van der Waals surface area (Å²) < 4.78 is 0. The van der Waals surface area contributed by atoms with Gasteiger partial charge in [-0.15, -0.1) is 0 Å². The Morgan fingerprint density at radius 3 is 1.35 bits per heavy atom. The lowest BCUT2D eigenvalue weighted by atomic mass is 10.1. The van der Waals surface area contributed by atoms with Crippen LogP contribution in [0.5, 0.6) is 0 Å². The molecule has 26 heavy (non-hydrogen) atoms. The van der Waals surface area contributed by atoms with Crippen molar-refractivity contribution in [2.45, 2.75) is 130 Å². The fourth-order valence-electron chi connectivity index (χ4n) is 4.07. The number of rotatable bonds is 18. The Morgan fingerprint density at radius 1 is 0.500 bits per heavy atom. The molecule has 0 N–H and O–H groups in total. The van der Waals surface area contributed by atoms with Crippen molar-refractivity contribution in [2.24, 2.45) is 0 Å². The Bertz CT molecular complexity index is 300. The molecule has 0 saturated heterocycles. The van der Waals surface area contributed by atoms with Gasteiger partial charge in [-0.3, -0.25) is 0 Å². The molecule has 0 unspecified atom stereocenters. The molecule has 0 aromatic carbocycles. The second kappa shape index (κ2) is 16.5. The third-order valence-electron chi connectivity index (χ3n) is 5.82. The summed E-state index contributed by atoms with van der Waals surface area (Å²) >= 11 is 0. The Kier molecular flexibility index (Phi) is 14.8. The Hall–Kier alpha value is -0.660. The first-order valence-electron chi connectivity index (χ1n) is 12.0. The summed E-state index contributed by atoms with van der Waals surface area (Å²) in [6, 6.07) is 0.